The van der Waals surface area contributed by atoms with Crippen molar-refractivity contribution < 1.29 is 14.3 Å². The zero-order valence-electron chi connectivity index (χ0n) is 18.3. The van der Waals surface area contributed by atoms with Crippen molar-refractivity contribution in [2.24, 2.45) is 7.05 Å². The number of fused-ring (bicyclic) bond motifs is 2. The van der Waals surface area contributed by atoms with Crippen LogP contribution in [-0.2, 0) is 24.7 Å². The molecule has 0 aliphatic carbocycles. The molecule has 0 spiro atoms. The molecule has 2 heterocycles. The van der Waals surface area contributed by atoms with Gasteiger partial charge in [-0.3, -0.25) is 4.79 Å². The van der Waals surface area contributed by atoms with Gasteiger partial charge in [-0.1, -0.05) is 35.9 Å². The highest BCUT2D eigenvalue weighted by molar-refractivity contribution is 6.30. The van der Waals surface area contributed by atoms with E-state index in [1.165, 1.54) is 18.2 Å². The number of para-hydroxylation sites is 1. The number of benzene rings is 3. The molecule has 6 heteroatoms. The number of carbonyl (C=O) groups excluding carboxylic acids is 1. The molecule has 0 fully saturated rings. The molecule has 33 heavy (non-hydrogen) atoms. The van der Waals surface area contributed by atoms with Gasteiger partial charge in [0.15, 0.2) is 0 Å². The SMILES string of the molecule is Cn1cc(CCC(=O)N2CCc3cc(F)ccc3C2c2cc(Cl)ccc2O)c2ccccc21. The molecule has 168 valence electrons. The van der Waals surface area contributed by atoms with Crippen molar-refractivity contribution in [2.75, 3.05) is 6.54 Å². The van der Waals surface area contributed by atoms with E-state index in [1.807, 2.05) is 19.2 Å². The van der Waals surface area contributed by atoms with E-state index >= 15 is 0 Å². The van der Waals surface area contributed by atoms with Gasteiger partial charge in [0.2, 0.25) is 5.91 Å². The molecule has 0 radical (unpaired) electrons. The lowest BCUT2D eigenvalue weighted by Crippen LogP contribution is -2.40. The summed E-state index contributed by atoms with van der Waals surface area (Å²) in [6.45, 7) is 0.446. The van der Waals surface area contributed by atoms with Gasteiger partial charge in [0.25, 0.3) is 0 Å². The second-order valence-corrected chi connectivity index (χ2v) is 9.00. The normalized spacial score (nSPS) is 15.6. The van der Waals surface area contributed by atoms with E-state index in [0.717, 1.165) is 27.6 Å². The fraction of sp³-hybridized carbons (Fsp3) is 0.222. The lowest BCUT2D eigenvalue weighted by Gasteiger charge is -2.38. The highest BCUT2D eigenvalue weighted by atomic mass is 35.5. The van der Waals surface area contributed by atoms with Crippen LogP contribution in [0.3, 0.4) is 0 Å². The lowest BCUT2D eigenvalue weighted by molar-refractivity contribution is -0.133. The molecule has 1 aliphatic rings. The molecule has 0 bridgehead atoms. The number of rotatable bonds is 4. The highest BCUT2D eigenvalue weighted by Crippen LogP contribution is 2.40. The highest BCUT2D eigenvalue weighted by Gasteiger charge is 2.33. The van der Waals surface area contributed by atoms with Gasteiger partial charge in [-0.05, 0) is 65.9 Å². The number of halogens is 2. The van der Waals surface area contributed by atoms with Crippen molar-refractivity contribution in [1.82, 2.24) is 9.47 Å². The summed E-state index contributed by atoms with van der Waals surface area (Å²) in [6.07, 6.45) is 3.58. The molecule has 1 atom stereocenters. The first-order chi connectivity index (χ1) is 15.9. The second-order valence-electron chi connectivity index (χ2n) is 8.57. The molecule has 0 saturated carbocycles. The zero-order chi connectivity index (χ0) is 23.1. The van der Waals surface area contributed by atoms with Crippen LogP contribution in [0.5, 0.6) is 5.75 Å². The quantitative estimate of drug-likeness (QED) is 0.417. The maximum atomic E-state index is 13.9. The Bertz CT molecular complexity index is 1360. The summed E-state index contributed by atoms with van der Waals surface area (Å²) in [7, 11) is 2.01. The summed E-state index contributed by atoms with van der Waals surface area (Å²) in [4.78, 5) is 15.3. The van der Waals surface area contributed by atoms with Crippen LogP contribution in [0.15, 0.2) is 66.9 Å². The minimum absolute atomic E-state index is 0.0118. The summed E-state index contributed by atoms with van der Waals surface area (Å²) in [6, 6.07) is 17.1. The molecule has 1 N–H and O–H groups in total. The first-order valence-corrected chi connectivity index (χ1v) is 11.4. The van der Waals surface area contributed by atoms with Crippen LogP contribution in [0.2, 0.25) is 5.02 Å². The topological polar surface area (TPSA) is 45.5 Å². The third-order valence-corrected chi connectivity index (χ3v) is 6.76. The minimum Gasteiger partial charge on any atom is -0.508 e. The predicted molar refractivity (Wildman–Crippen MR) is 128 cm³/mol. The predicted octanol–water partition coefficient (Wildman–Crippen LogP) is 5.78. The number of carbonyl (C=O) groups is 1. The number of aromatic nitrogens is 1. The van der Waals surface area contributed by atoms with E-state index in [2.05, 4.69) is 22.9 Å². The van der Waals surface area contributed by atoms with Gasteiger partial charge in [0.05, 0.1) is 6.04 Å². The van der Waals surface area contributed by atoms with Gasteiger partial charge in [-0.25, -0.2) is 4.39 Å². The minimum atomic E-state index is -0.520. The molecule has 4 nitrogen and oxygen atoms in total. The number of nitrogens with zero attached hydrogens (tertiary/aromatic N) is 2. The average Bonchev–Trinajstić information content (AvgIpc) is 3.14. The van der Waals surface area contributed by atoms with Crippen molar-refractivity contribution in [3.63, 3.8) is 0 Å². The first kappa shape index (κ1) is 21.5. The summed E-state index contributed by atoms with van der Waals surface area (Å²) in [5.41, 5.74) is 4.48. The number of hydrogen-bond acceptors (Lipinski definition) is 2. The van der Waals surface area contributed by atoms with Crippen LogP contribution in [0.1, 0.15) is 34.7 Å². The summed E-state index contributed by atoms with van der Waals surface area (Å²) in [5, 5.41) is 12.2. The number of hydrogen-bond donors (Lipinski definition) is 1. The third kappa shape index (κ3) is 3.98. The Balaban J connectivity index is 1.48. The number of phenolic OH excluding ortho intramolecular Hbond substituents is 1. The monoisotopic (exact) mass is 462 g/mol. The third-order valence-electron chi connectivity index (χ3n) is 6.53. The molecule has 1 unspecified atom stereocenters. The average molecular weight is 463 g/mol. The smallest absolute Gasteiger partial charge is 0.223 e. The van der Waals surface area contributed by atoms with Gasteiger partial charge in [-0.15, -0.1) is 0 Å². The molecular formula is C27H24ClFN2O2. The Hall–Kier alpha value is -3.31. The molecule has 0 saturated heterocycles. The Morgan fingerprint density at radius 2 is 1.94 bits per heavy atom. The second kappa shape index (κ2) is 8.56. The van der Waals surface area contributed by atoms with Crippen LogP contribution < -0.4 is 0 Å². The van der Waals surface area contributed by atoms with Crippen LogP contribution in [0.4, 0.5) is 4.39 Å². The Morgan fingerprint density at radius 1 is 1.12 bits per heavy atom. The van der Waals surface area contributed by atoms with Crippen molar-refractivity contribution >= 4 is 28.4 Å². The van der Waals surface area contributed by atoms with Crippen molar-refractivity contribution in [3.8, 4) is 5.75 Å². The van der Waals surface area contributed by atoms with Gasteiger partial charge < -0.3 is 14.6 Å². The molecule has 4 aromatic rings. The fourth-order valence-corrected chi connectivity index (χ4v) is 5.13. The van der Waals surface area contributed by atoms with Crippen molar-refractivity contribution in [1.29, 1.82) is 0 Å². The van der Waals surface area contributed by atoms with E-state index in [9.17, 15) is 14.3 Å². The van der Waals surface area contributed by atoms with Crippen molar-refractivity contribution in [2.45, 2.75) is 25.3 Å². The molecule has 1 aliphatic heterocycles. The fourth-order valence-electron chi connectivity index (χ4n) is 4.95. The molecular weight excluding hydrogens is 439 g/mol. The molecule has 1 amide bonds. The van der Waals surface area contributed by atoms with Crippen LogP contribution in [0.25, 0.3) is 10.9 Å². The maximum absolute atomic E-state index is 13.9. The van der Waals surface area contributed by atoms with Gasteiger partial charge in [-0.2, -0.15) is 0 Å². The van der Waals surface area contributed by atoms with Gasteiger partial charge in [0, 0.05) is 47.7 Å². The van der Waals surface area contributed by atoms with Crippen molar-refractivity contribution in [3.05, 3.63) is 100.0 Å². The van der Waals surface area contributed by atoms with E-state index in [-0.39, 0.29) is 17.5 Å². The van der Waals surface area contributed by atoms with E-state index in [4.69, 9.17) is 11.6 Å². The summed E-state index contributed by atoms with van der Waals surface area (Å²) >= 11 is 6.24. The summed E-state index contributed by atoms with van der Waals surface area (Å²) < 4.78 is 16.0. The number of aryl methyl sites for hydroxylation is 2. The van der Waals surface area contributed by atoms with Crippen LogP contribution in [-0.4, -0.2) is 27.0 Å². The number of aromatic hydroxyl groups is 1. The first-order valence-electron chi connectivity index (χ1n) is 11.0. The number of amides is 1. The largest absolute Gasteiger partial charge is 0.508 e. The maximum Gasteiger partial charge on any atom is 0.223 e. The Kier molecular flexibility index (Phi) is 5.59. The number of phenols is 1. The standard InChI is InChI=1S/C27H24ClFN2O2/c1-30-16-18(21-4-2-3-5-24(21)30)6-11-26(33)31-13-12-17-14-20(29)8-9-22(17)27(31)23-15-19(28)7-10-25(23)32/h2-5,7-10,14-16,27,32H,6,11-13H2,1H3. The van der Waals surface area contributed by atoms with E-state index in [1.54, 1.807) is 23.1 Å². The molecule has 3 aromatic carbocycles. The van der Waals surface area contributed by atoms with Gasteiger partial charge in [0.1, 0.15) is 11.6 Å². The Morgan fingerprint density at radius 3 is 2.79 bits per heavy atom. The van der Waals surface area contributed by atoms with E-state index in [0.29, 0.717) is 36.4 Å². The van der Waals surface area contributed by atoms with Gasteiger partial charge >= 0.3 is 0 Å². The van der Waals surface area contributed by atoms with Crippen LogP contribution in [0, 0.1) is 5.82 Å². The van der Waals surface area contributed by atoms with E-state index < -0.39 is 6.04 Å². The summed E-state index contributed by atoms with van der Waals surface area (Å²) in [5.74, 6) is -0.255. The molecule has 5 rings (SSSR count). The zero-order valence-corrected chi connectivity index (χ0v) is 19.0. The molecule has 1 aromatic heterocycles. The van der Waals surface area contributed by atoms with Crippen LogP contribution >= 0.6 is 11.6 Å². The Labute approximate surface area is 196 Å². The lowest BCUT2D eigenvalue weighted by atomic mass is 9.87.